The summed E-state index contributed by atoms with van der Waals surface area (Å²) in [5, 5.41) is 11.9. The number of aromatic nitrogens is 2. The van der Waals surface area contributed by atoms with Crippen molar-refractivity contribution < 1.29 is 13.2 Å². The smallest absolute Gasteiger partial charge is 0.244 e. The lowest BCUT2D eigenvalue weighted by Crippen LogP contribution is -2.47. The molecule has 0 fully saturated rings. The molecule has 3 aromatic rings. The number of anilines is 1. The van der Waals surface area contributed by atoms with Gasteiger partial charge in [0.15, 0.2) is 0 Å². The Morgan fingerprint density at radius 3 is 2.12 bits per heavy atom. The van der Waals surface area contributed by atoms with Crippen LogP contribution in [0.2, 0.25) is 0 Å². The first-order chi connectivity index (χ1) is 15.4. The Morgan fingerprint density at radius 2 is 1.58 bits per heavy atom. The number of carbonyl (C=O) groups excluding carboxylic acids is 1. The second-order valence-corrected chi connectivity index (χ2v) is 12.1. The maximum atomic E-state index is 13.0. The summed E-state index contributed by atoms with van der Waals surface area (Å²) in [7, 11) is -3.89. The van der Waals surface area contributed by atoms with Crippen molar-refractivity contribution >= 4 is 32.4 Å². The largest absolute Gasteiger partial charge is 0.299 e. The van der Waals surface area contributed by atoms with E-state index < -0.39 is 22.0 Å². The minimum Gasteiger partial charge on any atom is -0.299 e. The Hall–Kier alpha value is -2.62. The van der Waals surface area contributed by atoms with Crippen LogP contribution in [0.15, 0.2) is 53.4 Å². The minimum atomic E-state index is -3.89. The SMILES string of the molecule is Cc1ccc(-c2nnc(NC(=O)C(NS(=O)(=O)c3ccc(C(C)(C)C)cc3)C(C)C)s2)cc1. The summed E-state index contributed by atoms with van der Waals surface area (Å²) >= 11 is 1.24. The molecule has 0 saturated heterocycles. The number of benzene rings is 2. The van der Waals surface area contributed by atoms with Gasteiger partial charge < -0.3 is 0 Å². The molecule has 7 nitrogen and oxygen atoms in total. The van der Waals surface area contributed by atoms with Gasteiger partial charge in [0.1, 0.15) is 11.0 Å². The fourth-order valence-corrected chi connectivity index (χ4v) is 5.23. The third kappa shape index (κ3) is 6.25. The summed E-state index contributed by atoms with van der Waals surface area (Å²) in [5.74, 6) is -0.760. The van der Waals surface area contributed by atoms with Crippen molar-refractivity contribution in [1.29, 1.82) is 0 Å². The van der Waals surface area contributed by atoms with Crippen LogP contribution in [-0.2, 0) is 20.2 Å². The predicted octanol–water partition coefficient (Wildman–Crippen LogP) is 4.75. The standard InChI is InChI=1S/C24H30N4O3S2/c1-15(2)20(28-33(30,31)19-13-11-18(12-14-19)24(4,5)6)21(29)25-23-27-26-22(32-23)17-9-7-16(3)8-10-17/h7-15,20,28H,1-6H3,(H,25,27,29). The molecule has 3 rings (SSSR count). The Kier molecular flexibility index (Phi) is 7.36. The third-order valence-electron chi connectivity index (χ3n) is 5.22. The van der Waals surface area contributed by atoms with Gasteiger partial charge in [-0.1, -0.05) is 87.9 Å². The monoisotopic (exact) mass is 486 g/mol. The lowest BCUT2D eigenvalue weighted by molar-refractivity contribution is -0.118. The van der Waals surface area contributed by atoms with Crippen molar-refractivity contribution in [2.24, 2.45) is 5.92 Å². The van der Waals surface area contributed by atoms with Crippen LogP contribution < -0.4 is 10.0 Å². The number of aryl methyl sites for hydroxylation is 1. The number of hydrogen-bond acceptors (Lipinski definition) is 6. The van der Waals surface area contributed by atoms with Gasteiger partial charge in [0.25, 0.3) is 0 Å². The molecule has 0 bridgehead atoms. The lowest BCUT2D eigenvalue weighted by atomic mass is 9.87. The summed E-state index contributed by atoms with van der Waals surface area (Å²) < 4.78 is 28.5. The van der Waals surface area contributed by atoms with E-state index in [-0.39, 0.29) is 16.2 Å². The zero-order valence-electron chi connectivity index (χ0n) is 19.7. The van der Waals surface area contributed by atoms with E-state index >= 15 is 0 Å². The maximum Gasteiger partial charge on any atom is 0.244 e. The number of rotatable bonds is 7. The summed E-state index contributed by atoms with van der Waals surface area (Å²) in [5.41, 5.74) is 2.98. The van der Waals surface area contributed by atoms with Crippen LogP contribution in [0.5, 0.6) is 0 Å². The molecule has 0 aliphatic heterocycles. The Balaban J connectivity index is 1.74. The molecule has 2 N–H and O–H groups in total. The van der Waals surface area contributed by atoms with Gasteiger partial charge in [-0.05, 0) is 36.0 Å². The molecule has 0 aliphatic carbocycles. The van der Waals surface area contributed by atoms with E-state index in [9.17, 15) is 13.2 Å². The summed E-state index contributed by atoms with van der Waals surface area (Å²) in [6.45, 7) is 11.8. The van der Waals surface area contributed by atoms with Gasteiger partial charge >= 0.3 is 0 Å². The quantitative estimate of drug-likeness (QED) is 0.502. The molecule has 1 unspecified atom stereocenters. The molecule has 2 aromatic carbocycles. The van der Waals surface area contributed by atoms with Crippen LogP contribution in [0.3, 0.4) is 0 Å². The average molecular weight is 487 g/mol. The summed E-state index contributed by atoms with van der Waals surface area (Å²) in [4.78, 5) is 13.1. The normalized spacial score (nSPS) is 13.2. The first kappa shape index (κ1) is 25.0. The van der Waals surface area contributed by atoms with E-state index in [1.165, 1.54) is 11.3 Å². The Labute approximate surface area is 199 Å². The van der Waals surface area contributed by atoms with E-state index in [1.54, 1.807) is 38.1 Å². The van der Waals surface area contributed by atoms with Gasteiger partial charge in [0.05, 0.1) is 4.90 Å². The zero-order valence-corrected chi connectivity index (χ0v) is 21.3. The molecule has 1 atom stereocenters. The van der Waals surface area contributed by atoms with Crippen molar-refractivity contribution in [3.63, 3.8) is 0 Å². The highest BCUT2D eigenvalue weighted by atomic mass is 32.2. The molecule has 0 aliphatic rings. The van der Waals surface area contributed by atoms with Gasteiger partial charge in [0.2, 0.25) is 21.1 Å². The molecule has 1 amide bonds. The molecule has 1 aromatic heterocycles. The van der Waals surface area contributed by atoms with E-state index in [1.807, 2.05) is 31.2 Å². The number of amides is 1. The van der Waals surface area contributed by atoms with Crippen LogP contribution in [0, 0.1) is 12.8 Å². The topological polar surface area (TPSA) is 101 Å². The first-order valence-electron chi connectivity index (χ1n) is 10.7. The number of nitrogens with one attached hydrogen (secondary N) is 2. The highest BCUT2D eigenvalue weighted by Gasteiger charge is 2.29. The number of nitrogens with zero attached hydrogens (tertiary/aromatic N) is 2. The van der Waals surface area contributed by atoms with Gasteiger partial charge in [-0.15, -0.1) is 10.2 Å². The van der Waals surface area contributed by atoms with Crippen molar-refractivity contribution in [3.05, 3.63) is 59.7 Å². The van der Waals surface area contributed by atoms with E-state index in [2.05, 4.69) is 41.0 Å². The van der Waals surface area contributed by atoms with Crippen LogP contribution in [-0.4, -0.2) is 30.6 Å². The number of sulfonamides is 1. The molecule has 0 saturated carbocycles. The fraction of sp³-hybridized carbons (Fsp3) is 0.375. The van der Waals surface area contributed by atoms with E-state index in [0.717, 1.165) is 16.7 Å². The molecular weight excluding hydrogens is 456 g/mol. The molecule has 1 heterocycles. The van der Waals surface area contributed by atoms with E-state index in [0.29, 0.717) is 10.1 Å². The van der Waals surface area contributed by atoms with Gasteiger partial charge in [-0.25, -0.2) is 8.42 Å². The highest BCUT2D eigenvalue weighted by Crippen LogP contribution is 2.27. The van der Waals surface area contributed by atoms with Crippen molar-refractivity contribution in [2.75, 3.05) is 5.32 Å². The van der Waals surface area contributed by atoms with Crippen molar-refractivity contribution in [1.82, 2.24) is 14.9 Å². The predicted molar refractivity (Wildman–Crippen MR) is 133 cm³/mol. The van der Waals surface area contributed by atoms with Crippen LogP contribution >= 0.6 is 11.3 Å². The zero-order chi connectivity index (χ0) is 24.4. The molecule has 176 valence electrons. The van der Waals surface area contributed by atoms with E-state index in [4.69, 9.17) is 0 Å². The fourth-order valence-electron chi connectivity index (χ4n) is 3.13. The first-order valence-corrected chi connectivity index (χ1v) is 13.0. The van der Waals surface area contributed by atoms with Gasteiger partial charge in [0, 0.05) is 5.56 Å². The minimum absolute atomic E-state index is 0.0880. The van der Waals surface area contributed by atoms with Crippen LogP contribution in [0.25, 0.3) is 10.6 Å². The van der Waals surface area contributed by atoms with Crippen molar-refractivity contribution in [3.8, 4) is 10.6 Å². The molecule has 9 heteroatoms. The second kappa shape index (κ2) is 9.70. The van der Waals surface area contributed by atoms with Gasteiger partial charge in [-0.2, -0.15) is 4.72 Å². The molecule has 0 spiro atoms. The van der Waals surface area contributed by atoms with Gasteiger partial charge in [-0.3, -0.25) is 10.1 Å². The molecule has 33 heavy (non-hydrogen) atoms. The van der Waals surface area contributed by atoms with Crippen molar-refractivity contribution in [2.45, 2.75) is 57.9 Å². The second-order valence-electron chi connectivity index (χ2n) is 9.38. The Bertz CT molecular complexity index is 1210. The summed E-state index contributed by atoms with van der Waals surface area (Å²) in [6, 6.07) is 13.6. The maximum absolute atomic E-state index is 13.0. The summed E-state index contributed by atoms with van der Waals surface area (Å²) in [6.07, 6.45) is 0. The average Bonchev–Trinajstić information content (AvgIpc) is 3.20. The lowest BCUT2D eigenvalue weighted by Gasteiger charge is -2.22. The number of carbonyl (C=O) groups is 1. The van der Waals surface area contributed by atoms with Crippen LogP contribution in [0.1, 0.15) is 45.7 Å². The molecule has 0 radical (unpaired) electrons. The highest BCUT2D eigenvalue weighted by molar-refractivity contribution is 7.89. The Morgan fingerprint density at radius 1 is 0.970 bits per heavy atom. The third-order valence-corrected chi connectivity index (χ3v) is 7.56. The number of hydrogen-bond donors (Lipinski definition) is 2. The van der Waals surface area contributed by atoms with Crippen LogP contribution in [0.4, 0.5) is 5.13 Å². The molecular formula is C24H30N4O3S2.